The second-order valence-corrected chi connectivity index (χ2v) is 4.97. The first-order valence-corrected chi connectivity index (χ1v) is 7.20. The van der Waals surface area contributed by atoms with Gasteiger partial charge in [-0.1, -0.05) is 29.8 Å². The minimum atomic E-state index is -1.52. The largest absolute Gasteiger partial charge is 0.474 e. The fourth-order valence-corrected chi connectivity index (χ4v) is 2.14. The molecule has 0 aliphatic carbocycles. The summed E-state index contributed by atoms with van der Waals surface area (Å²) in [6.45, 7) is 13.3. The normalized spacial score (nSPS) is 9.83. The monoisotopic (exact) mass is 316 g/mol. The Morgan fingerprint density at radius 3 is 2.30 bits per heavy atom. The highest BCUT2D eigenvalue weighted by atomic mass is 16.5. The Hall–Kier alpha value is -2.65. The van der Waals surface area contributed by atoms with E-state index in [0.717, 1.165) is 5.57 Å². The molecule has 0 saturated heterocycles. The van der Waals surface area contributed by atoms with Gasteiger partial charge in [0.15, 0.2) is 5.69 Å². The van der Waals surface area contributed by atoms with Crippen molar-refractivity contribution in [2.45, 2.75) is 20.8 Å². The van der Waals surface area contributed by atoms with E-state index >= 15 is 0 Å². The van der Waals surface area contributed by atoms with E-state index in [9.17, 15) is 9.59 Å². The molecule has 0 fully saturated rings. The van der Waals surface area contributed by atoms with Gasteiger partial charge in [-0.3, -0.25) is 9.69 Å². The maximum Gasteiger partial charge on any atom is 0.394 e. The van der Waals surface area contributed by atoms with Gasteiger partial charge in [0.2, 0.25) is 0 Å². The van der Waals surface area contributed by atoms with Gasteiger partial charge in [0, 0.05) is 13.2 Å². The number of carbonyl (C=O) groups is 2. The molecule has 23 heavy (non-hydrogen) atoms. The molecule has 1 aromatic carbocycles. The van der Waals surface area contributed by atoms with Gasteiger partial charge in [0.25, 0.3) is 0 Å². The molecule has 122 valence electrons. The summed E-state index contributed by atoms with van der Waals surface area (Å²) in [5, 5.41) is 9.07. The topological polar surface area (TPSA) is 71.2 Å². The molecule has 0 aliphatic rings. The van der Waals surface area contributed by atoms with Crippen molar-refractivity contribution in [1.29, 1.82) is 0 Å². The van der Waals surface area contributed by atoms with E-state index in [1.54, 1.807) is 38.1 Å². The lowest BCUT2D eigenvalue weighted by Gasteiger charge is -2.25. The van der Waals surface area contributed by atoms with Crippen LogP contribution in [0.4, 0.5) is 5.69 Å². The van der Waals surface area contributed by atoms with E-state index in [1.165, 1.54) is 4.90 Å². The highest BCUT2D eigenvalue weighted by Gasteiger charge is 2.25. The zero-order valence-electron chi connectivity index (χ0n) is 13.5. The van der Waals surface area contributed by atoms with Crippen LogP contribution in [0.3, 0.4) is 0 Å². The fraction of sp³-hybridized carbons (Fsp3) is 0.353. The Balaban J connectivity index is 3.24. The van der Waals surface area contributed by atoms with Gasteiger partial charge in [-0.25, -0.2) is 9.64 Å². The third-order valence-electron chi connectivity index (χ3n) is 3.10. The molecule has 6 nitrogen and oxygen atoms in total. The van der Waals surface area contributed by atoms with Gasteiger partial charge in [-0.05, 0) is 26.3 Å². The number of nitrogens with zero attached hydrogens (tertiary/aromatic N) is 2. The molecule has 1 amide bonds. The number of carboxylic acid groups (broad SMARTS) is 1. The number of hydrogen-bond donors (Lipinski definition) is 1. The number of rotatable bonds is 6. The van der Waals surface area contributed by atoms with E-state index < -0.39 is 11.9 Å². The van der Waals surface area contributed by atoms with Crippen LogP contribution in [0.5, 0.6) is 0 Å². The second-order valence-electron chi connectivity index (χ2n) is 4.97. The molecule has 0 bridgehead atoms. The number of carbonyl (C=O) groups excluding carboxylic acids is 1. The smallest absolute Gasteiger partial charge is 0.394 e. The van der Waals surface area contributed by atoms with Crippen LogP contribution in [-0.2, 0) is 14.3 Å². The predicted octanol–water partition coefficient (Wildman–Crippen LogP) is 2.94. The summed E-state index contributed by atoms with van der Waals surface area (Å²) in [7, 11) is 0. The third-order valence-corrected chi connectivity index (χ3v) is 3.10. The quantitative estimate of drug-likeness (QED) is 0.497. The van der Waals surface area contributed by atoms with Crippen LogP contribution >= 0.6 is 0 Å². The summed E-state index contributed by atoms with van der Waals surface area (Å²) in [4.78, 5) is 27.7. The van der Waals surface area contributed by atoms with Crippen LogP contribution in [-0.4, -0.2) is 41.6 Å². The van der Waals surface area contributed by atoms with Crippen LogP contribution in [0.2, 0.25) is 0 Å². The van der Waals surface area contributed by atoms with Crippen molar-refractivity contribution in [3.05, 3.63) is 46.8 Å². The van der Waals surface area contributed by atoms with Crippen molar-refractivity contribution in [2.24, 2.45) is 0 Å². The Bertz CT molecular complexity index is 638. The van der Waals surface area contributed by atoms with Gasteiger partial charge in [-0.15, -0.1) is 0 Å². The zero-order chi connectivity index (χ0) is 17.4. The van der Waals surface area contributed by atoms with Crippen molar-refractivity contribution in [3.8, 4) is 0 Å². The van der Waals surface area contributed by atoms with Crippen LogP contribution in [0.1, 0.15) is 26.3 Å². The van der Waals surface area contributed by atoms with E-state index in [4.69, 9.17) is 16.4 Å². The molecule has 0 radical (unpaired) electrons. The number of carboxylic acids is 1. The van der Waals surface area contributed by atoms with Crippen molar-refractivity contribution in [3.63, 3.8) is 0 Å². The van der Waals surface area contributed by atoms with Crippen LogP contribution in [0.25, 0.3) is 10.5 Å². The van der Waals surface area contributed by atoms with E-state index in [2.05, 4.69) is 4.85 Å². The molecule has 0 spiro atoms. The number of aliphatic carboxylic acids is 1. The van der Waals surface area contributed by atoms with Crippen molar-refractivity contribution in [1.82, 2.24) is 4.90 Å². The maximum absolute atomic E-state index is 12.1. The summed E-state index contributed by atoms with van der Waals surface area (Å²) in [5.74, 6) is -2.52. The second kappa shape index (κ2) is 8.71. The van der Waals surface area contributed by atoms with E-state index in [1.807, 2.05) is 6.92 Å². The Morgan fingerprint density at radius 1 is 1.26 bits per heavy atom. The lowest BCUT2D eigenvalue weighted by molar-refractivity contribution is -0.154. The third kappa shape index (κ3) is 4.94. The predicted molar refractivity (Wildman–Crippen MR) is 86.8 cm³/mol. The zero-order valence-corrected chi connectivity index (χ0v) is 13.5. The van der Waals surface area contributed by atoms with Crippen molar-refractivity contribution >= 4 is 23.3 Å². The van der Waals surface area contributed by atoms with Gasteiger partial charge in [0.05, 0.1) is 18.9 Å². The number of amides is 1. The summed E-state index contributed by atoms with van der Waals surface area (Å²) in [6.07, 6.45) is 0. The average molecular weight is 316 g/mol. The minimum absolute atomic E-state index is 0.143. The van der Waals surface area contributed by atoms with Crippen molar-refractivity contribution in [2.75, 3.05) is 19.8 Å². The first-order valence-electron chi connectivity index (χ1n) is 7.20. The van der Waals surface area contributed by atoms with Gasteiger partial charge >= 0.3 is 11.9 Å². The van der Waals surface area contributed by atoms with Crippen LogP contribution < -0.4 is 0 Å². The molecule has 1 N–H and O–H groups in total. The Labute approximate surface area is 135 Å². The van der Waals surface area contributed by atoms with Crippen LogP contribution in [0, 0.1) is 6.57 Å². The summed E-state index contributed by atoms with van der Waals surface area (Å²) < 4.78 is 5.25. The molecular weight excluding hydrogens is 296 g/mol. The van der Waals surface area contributed by atoms with E-state index in [-0.39, 0.29) is 13.2 Å². The van der Waals surface area contributed by atoms with Gasteiger partial charge in [0.1, 0.15) is 0 Å². The summed E-state index contributed by atoms with van der Waals surface area (Å²) in [5.41, 5.74) is 2.48. The van der Waals surface area contributed by atoms with E-state index in [0.29, 0.717) is 23.6 Å². The lowest BCUT2D eigenvalue weighted by Crippen LogP contribution is -2.38. The molecule has 0 atom stereocenters. The highest BCUT2D eigenvalue weighted by Crippen LogP contribution is 2.25. The fourth-order valence-electron chi connectivity index (χ4n) is 2.14. The first-order chi connectivity index (χ1) is 10.9. The highest BCUT2D eigenvalue weighted by molar-refractivity contribution is 6.33. The maximum atomic E-state index is 12.1. The minimum Gasteiger partial charge on any atom is -0.474 e. The van der Waals surface area contributed by atoms with Gasteiger partial charge < -0.3 is 9.84 Å². The number of ether oxygens (including phenoxy) is 1. The standard InChI is InChI=1S/C17H20N2O4/c1-5-23-11-10-19(16(20)17(21)22)15(12(2)3)13-6-8-14(18-4)9-7-13/h6-9H,5,10-11H2,1-3H3,(H,21,22). The molecule has 0 aliphatic heterocycles. The molecule has 0 aromatic heterocycles. The molecule has 0 heterocycles. The Kier molecular flexibility index (Phi) is 6.97. The number of hydrogen-bond acceptors (Lipinski definition) is 3. The number of benzene rings is 1. The molecular formula is C17H20N2O4. The summed E-state index contributed by atoms with van der Waals surface area (Å²) in [6, 6.07) is 6.69. The first kappa shape index (κ1) is 18.4. The molecule has 0 saturated carbocycles. The molecule has 6 heteroatoms. The Morgan fingerprint density at radius 2 is 1.87 bits per heavy atom. The van der Waals surface area contributed by atoms with Crippen LogP contribution in [0.15, 0.2) is 29.8 Å². The average Bonchev–Trinajstić information content (AvgIpc) is 2.53. The van der Waals surface area contributed by atoms with Gasteiger partial charge in [-0.2, -0.15) is 0 Å². The lowest BCUT2D eigenvalue weighted by atomic mass is 10.1. The SMILES string of the molecule is [C-]#[N+]c1ccc(C(=C(C)C)N(CCOCC)C(=O)C(=O)O)cc1. The molecule has 1 aromatic rings. The molecule has 0 unspecified atom stereocenters. The summed E-state index contributed by atoms with van der Waals surface area (Å²) >= 11 is 0. The van der Waals surface area contributed by atoms with Crippen molar-refractivity contribution < 1.29 is 19.4 Å². The number of allylic oxidation sites excluding steroid dienone is 1. The molecule has 1 rings (SSSR count).